The van der Waals surface area contributed by atoms with Crippen molar-refractivity contribution in [1.82, 2.24) is 14.5 Å². The van der Waals surface area contributed by atoms with Gasteiger partial charge in [-0.3, -0.25) is 9.69 Å². The van der Waals surface area contributed by atoms with Crippen LogP contribution in [0, 0.1) is 11.8 Å². The van der Waals surface area contributed by atoms with Crippen LogP contribution < -0.4 is 5.56 Å². The molecule has 6 rings (SSSR count). The number of carbonyl (C=O) groups is 1. The monoisotopic (exact) mass is 522 g/mol. The minimum atomic E-state index is -1.39. The number of nitrogens with zero attached hydrogens (tertiary/aromatic N) is 4. The zero-order valence-corrected chi connectivity index (χ0v) is 21.9. The largest absolute Gasteiger partial charge is 0.476 e. The molecule has 4 aliphatic rings. The van der Waals surface area contributed by atoms with Crippen LogP contribution in [0.4, 0.5) is 0 Å². The Bertz CT molecular complexity index is 1250. The summed E-state index contributed by atoms with van der Waals surface area (Å²) in [6, 6.07) is 8.96. The van der Waals surface area contributed by atoms with Crippen LogP contribution in [0.5, 0.6) is 0 Å². The fourth-order valence-corrected chi connectivity index (χ4v) is 8.11. The number of aliphatic carboxylic acids is 1. The van der Waals surface area contributed by atoms with Gasteiger partial charge in [0, 0.05) is 24.2 Å². The van der Waals surface area contributed by atoms with Crippen LogP contribution in [0.2, 0.25) is 0 Å². The molecule has 2 aliphatic heterocycles. The summed E-state index contributed by atoms with van der Waals surface area (Å²) in [6.45, 7) is -0.473. The van der Waals surface area contributed by atoms with Crippen molar-refractivity contribution in [2.75, 3.05) is 13.2 Å². The first-order valence-corrected chi connectivity index (χ1v) is 14.4. The Kier molecular flexibility index (Phi) is 7.22. The smallest absolute Gasteiger partial charge is 0.360 e. The molecular formula is C29H38N4O5. The van der Waals surface area contributed by atoms with E-state index in [0.29, 0.717) is 23.6 Å². The molecule has 4 unspecified atom stereocenters. The molecule has 4 fully saturated rings. The van der Waals surface area contributed by atoms with E-state index < -0.39 is 17.2 Å². The van der Waals surface area contributed by atoms with Crippen molar-refractivity contribution in [2.45, 2.75) is 94.8 Å². The standard InChI is InChI=1S/C29H38N4O5/c34-11-12-38-31-27(29(36)37)26-28(35)33(25-8-4-3-7-24(25)30-26)23-16-20-9-10-21(17-23)32(20)22-14-18-5-1-2-6-19(13-18)15-22/h3-4,7-8,18-23,34H,1-2,5-6,9-17H2,(H,36,37)/b31-27-. The van der Waals surface area contributed by atoms with Crippen molar-refractivity contribution in [3.63, 3.8) is 0 Å². The Morgan fingerprint density at radius 3 is 2.29 bits per heavy atom. The molecule has 4 bridgehead atoms. The van der Waals surface area contributed by atoms with Gasteiger partial charge in [-0.25, -0.2) is 9.78 Å². The SMILES string of the molecule is O=C(O)/C(=N\OCCO)c1nc2ccccc2n(C2CC3CCC(C2)N3C2CC3CCCCC(C3)C2)c1=O. The molecule has 2 saturated carbocycles. The number of oxime groups is 1. The highest BCUT2D eigenvalue weighted by Crippen LogP contribution is 2.47. The second-order valence-electron chi connectivity index (χ2n) is 11.8. The van der Waals surface area contributed by atoms with Gasteiger partial charge < -0.3 is 19.6 Å². The molecular weight excluding hydrogens is 484 g/mol. The summed E-state index contributed by atoms with van der Waals surface area (Å²) in [5.74, 6) is 0.354. The first kappa shape index (κ1) is 25.5. The second kappa shape index (κ2) is 10.8. The molecule has 3 heterocycles. The van der Waals surface area contributed by atoms with Gasteiger partial charge in [-0.05, 0) is 68.9 Å². The van der Waals surface area contributed by atoms with Crippen molar-refractivity contribution in [3.8, 4) is 0 Å². The number of fused-ring (bicyclic) bond motifs is 5. The van der Waals surface area contributed by atoms with Gasteiger partial charge in [-0.1, -0.05) is 43.0 Å². The van der Waals surface area contributed by atoms with E-state index in [1.165, 1.54) is 44.9 Å². The average molecular weight is 523 g/mol. The fraction of sp³-hybridized carbons (Fsp3) is 0.655. The van der Waals surface area contributed by atoms with Gasteiger partial charge in [0.1, 0.15) is 6.61 Å². The highest BCUT2D eigenvalue weighted by atomic mass is 16.6. The van der Waals surface area contributed by atoms with E-state index in [4.69, 9.17) is 9.94 Å². The molecule has 1 aromatic heterocycles. The van der Waals surface area contributed by atoms with Crippen LogP contribution in [0.25, 0.3) is 11.0 Å². The summed E-state index contributed by atoms with van der Waals surface area (Å²) >= 11 is 0. The predicted octanol–water partition coefficient (Wildman–Crippen LogP) is 3.72. The number of aromatic nitrogens is 2. The van der Waals surface area contributed by atoms with Gasteiger partial charge in [0.05, 0.1) is 17.6 Å². The van der Waals surface area contributed by atoms with E-state index in [0.717, 1.165) is 43.0 Å². The number of benzene rings is 1. The molecule has 2 aromatic rings. The van der Waals surface area contributed by atoms with Crippen LogP contribution in [-0.4, -0.2) is 67.7 Å². The molecule has 38 heavy (non-hydrogen) atoms. The number of hydrogen-bond acceptors (Lipinski definition) is 7. The molecule has 9 heteroatoms. The average Bonchev–Trinajstić information content (AvgIpc) is 3.06. The topological polar surface area (TPSA) is 117 Å². The molecule has 0 spiro atoms. The molecule has 2 saturated heterocycles. The quantitative estimate of drug-likeness (QED) is 0.323. The molecule has 9 nitrogen and oxygen atoms in total. The third-order valence-corrected chi connectivity index (χ3v) is 9.46. The molecule has 0 amide bonds. The van der Waals surface area contributed by atoms with Gasteiger partial charge in [0.25, 0.3) is 5.56 Å². The van der Waals surface area contributed by atoms with Crippen LogP contribution in [0.1, 0.15) is 82.4 Å². The number of carboxylic acids is 1. The van der Waals surface area contributed by atoms with Gasteiger partial charge in [0.15, 0.2) is 5.69 Å². The molecule has 1 aromatic carbocycles. The molecule has 204 valence electrons. The minimum Gasteiger partial charge on any atom is -0.476 e. The number of rotatable bonds is 7. The molecule has 0 radical (unpaired) electrons. The maximum atomic E-state index is 13.9. The Balaban J connectivity index is 1.33. The van der Waals surface area contributed by atoms with E-state index in [9.17, 15) is 14.7 Å². The summed E-state index contributed by atoms with van der Waals surface area (Å²) < 4.78 is 1.78. The van der Waals surface area contributed by atoms with Crippen molar-refractivity contribution in [2.24, 2.45) is 17.0 Å². The minimum absolute atomic E-state index is 0.0258. The maximum absolute atomic E-state index is 13.9. The molecule has 4 atom stereocenters. The van der Waals surface area contributed by atoms with Crippen molar-refractivity contribution >= 4 is 22.7 Å². The second-order valence-corrected chi connectivity index (χ2v) is 11.8. The van der Waals surface area contributed by atoms with E-state index in [1.807, 2.05) is 18.2 Å². The lowest BCUT2D eigenvalue weighted by molar-refractivity contribution is -0.129. The third kappa shape index (κ3) is 4.75. The van der Waals surface area contributed by atoms with Gasteiger partial charge >= 0.3 is 5.97 Å². The number of carboxylic acid groups (broad SMARTS) is 1. The van der Waals surface area contributed by atoms with Gasteiger partial charge in [-0.15, -0.1) is 0 Å². The van der Waals surface area contributed by atoms with Gasteiger partial charge in [-0.2, -0.15) is 0 Å². The van der Waals surface area contributed by atoms with E-state index in [1.54, 1.807) is 10.6 Å². The zero-order chi connectivity index (χ0) is 26.2. The lowest BCUT2D eigenvalue weighted by Crippen LogP contribution is -2.52. The lowest BCUT2D eigenvalue weighted by atomic mass is 9.76. The van der Waals surface area contributed by atoms with E-state index >= 15 is 0 Å². The summed E-state index contributed by atoms with van der Waals surface area (Å²) in [6.07, 6.45) is 13.7. The maximum Gasteiger partial charge on any atom is 0.360 e. The van der Waals surface area contributed by atoms with Crippen molar-refractivity contribution in [1.29, 1.82) is 0 Å². The lowest BCUT2D eigenvalue weighted by Gasteiger charge is -2.48. The van der Waals surface area contributed by atoms with Crippen LogP contribution >= 0.6 is 0 Å². The number of aliphatic hydroxyl groups excluding tert-OH is 1. The Morgan fingerprint density at radius 1 is 0.947 bits per heavy atom. The summed E-state index contributed by atoms with van der Waals surface area (Å²) in [7, 11) is 0. The number of para-hydroxylation sites is 2. The number of aliphatic hydroxyl groups is 1. The Labute approximate surface area is 222 Å². The zero-order valence-electron chi connectivity index (χ0n) is 21.9. The van der Waals surface area contributed by atoms with Crippen LogP contribution in [0.15, 0.2) is 34.2 Å². The summed E-state index contributed by atoms with van der Waals surface area (Å²) in [4.78, 5) is 38.1. The summed E-state index contributed by atoms with van der Waals surface area (Å²) in [5, 5.41) is 22.5. The van der Waals surface area contributed by atoms with Crippen LogP contribution in [-0.2, 0) is 9.63 Å². The normalized spacial score (nSPS) is 31.8. The fourth-order valence-electron chi connectivity index (χ4n) is 8.11. The Morgan fingerprint density at radius 2 is 1.63 bits per heavy atom. The van der Waals surface area contributed by atoms with E-state index in [-0.39, 0.29) is 24.9 Å². The van der Waals surface area contributed by atoms with Crippen molar-refractivity contribution < 1.29 is 19.8 Å². The molecule has 2 aliphatic carbocycles. The van der Waals surface area contributed by atoms with Crippen molar-refractivity contribution in [3.05, 3.63) is 40.3 Å². The predicted molar refractivity (Wildman–Crippen MR) is 143 cm³/mol. The summed E-state index contributed by atoms with van der Waals surface area (Å²) in [5.41, 5.74) is 0.0839. The third-order valence-electron chi connectivity index (χ3n) is 9.46. The Hall–Kier alpha value is -2.78. The highest BCUT2D eigenvalue weighted by Gasteiger charge is 2.47. The number of hydrogen-bond donors (Lipinski definition) is 2. The van der Waals surface area contributed by atoms with E-state index in [2.05, 4.69) is 15.0 Å². The highest BCUT2D eigenvalue weighted by molar-refractivity contribution is 6.41. The van der Waals surface area contributed by atoms with Crippen LogP contribution in [0.3, 0.4) is 0 Å². The first-order valence-electron chi connectivity index (χ1n) is 14.4. The first-order chi connectivity index (χ1) is 18.5. The van der Waals surface area contributed by atoms with Gasteiger partial charge in [0.2, 0.25) is 5.71 Å². The number of piperidine rings is 1. The molecule has 2 N–H and O–H groups in total.